The molecule has 1 amide bonds. The zero-order valence-electron chi connectivity index (χ0n) is 10.9. The van der Waals surface area contributed by atoms with Gasteiger partial charge in [0, 0.05) is 11.7 Å². The molecule has 1 heterocycles. The van der Waals surface area contributed by atoms with Gasteiger partial charge in [-0.1, -0.05) is 6.92 Å². The van der Waals surface area contributed by atoms with Crippen molar-refractivity contribution in [3.63, 3.8) is 0 Å². The van der Waals surface area contributed by atoms with E-state index in [0.29, 0.717) is 5.75 Å². The molecule has 17 heavy (non-hydrogen) atoms. The van der Waals surface area contributed by atoms with Gasteiger partial charge in [0.15, 0.2) is 6.10 Å². The van der Waals surface area contributed by atoms with Crippen LogP contribution in [0.3, 0.4) is 0 Å². The number of pyridine rings is 1. The molecule has 1 unspecified atom stereocenters. The summed E-state index contributed by atoms with van der Waals surface area (Å²) in [4.78, 5) is 15.8. The number of carbonyl (C=O) groups excluding carboxylic acids is 1. The third-order valence-corrected chi connectivity index (χ3v) is 2.66. The fraction of sp³-hybridized carbons (Fsp3) is 0.538. The third-order valence-electron chi connectivity index (χ3n) is 2.66. The van der Waals surface area contributed by atoms with Crippen LogP contribution >= 0.6 is 0 Å². The SMILES string of the molecule is CCC(C)(C)NC(=O)C(C)Oc1cccnc1. The van der Waals surface area contributed by atoms with Gasteiger partial charge in [-0.3, -0.25) is 9.78 Å². The summed E-state index contributed by atoms with van der Waals surface area (Å²) < 4.78 is 5.49. The molecule has 0 aromatic carbocycles. The lowest BCUT2D eigenvalue weighted by atomic mass is 10.0. The molecule has 0 spiro atoms. The molecular weight excluding hydrogens is 216 g/mol. The van der Waals surface area contributed by atoms with Crippen LogP contribution < -0.4 is 10.1 Å². The Labute approximate surface area is 102 Å². The highest BCUT2D eigenvalue weighted by molar-refractivity contribution is 5.81. The van der Waals surface area contributed by atoms with Gasteiger partial charge >= 0.3 is 0 Å². The normalized spacial score (nSPS) is 12.9. The first-order valence-corrected chi connectivity index (χ1v) is 5.83. The predicted octanol–water partition coefficient (Wildman–Crippen LogP) is 2.15. The second kappa shape index (κ2) is 5.66. The number of nitrogens with one attached hydrogen (secondary N) is 1. The van der Waals surface area contributed by atoms with Crippen molar-refractivity contribution in [2.24, 2.45) is 0 Å². The number of carbonyl (C=O) groups is 1. The van der Waals surface area contributed by atoms with Crippen LogP contribution in [0.25, 0.3) is 0 Å². The Hall–Kier alpha value is -1.58. The Balaban J connectivity index is 2.54. The number of nitrogens with zero attached hydrogens (tertiary/aromatic N) is 1. The van der Waals surface area contributed by atoms with Crippen LogP contribution in [0, 0.1) is 0 Å². The van der Waals surface area contributed by atoms with Gasteiger partial charge in [0.2, 0.25) is 0 Å². The minimum absolute atomic E-state index is 0.110. The van der Waals surface area contributed by atoms with E-state index in [1.807, 2.05) is 20.8 Å². The first-order chi connectivity index (χ1) is 7.94. The Bertz CT molecular complexity index is 363. The second-order valence-electron chi connectivity index (χ2n) is 4.68. The topological polar surface area (TPSA) is 51.2 Å². The maximum Gasteiger partial charge on any atom is 0.261 e. The number of ether oxygens (including phenoxy) is 1. The molecule has 94 valence electrons. The summed E-state index contributed by atoms with van der Waals surface area (Å²) in [6.45, 7) is 7.74. The van der Waals surface area contributed by atoms with Gasteiger partial charge in [0.25, 0.3) is 5.91 Å². The first-order valence-electron chi connectivity index (χ1n) is 5.83. The van der Waals surface area contributed by atoms with E-state index < -0.39 is 6.10 Å². The molecule has 0 aliphatic rings. The van der Waals surface area contributed by atoms with Gasteiger partial charge in [-0.15, -0.1) is 0 Å². The molecule has 1 N–H and O–H groups in total. The van der Waals surface area contributed by atoms with E-state index in [4.69, 9.17) is 4.74 Å². The quantitative estimate of drug-likeness (QED) is 0.852. The summed E-state index contributed by atoms with van der Waals surface area (Å²) >= 11 is 0. The molecule has 0 aliphatic heterocycles. The molecule has 0 radical (unpaired) electrons. The van der Waals surface area contributed by atoms with E-state index in [-0.39, 0.29) is 11.4 Å². The summed E-state index contributed by atoms with van der Waals surface area (Å²) in [5.41, 5.74) is -0.205. The minimum Gasteiger partial charge on any atom is -0.479 e. The largest absolute Gasteiger partial charge is 0.479 e. The lowest BCUT2D eigenvalue weighted by Gasteiger charge is -2.26. The molecule has 1 rings (SSSR count). The van der Waals surface area contributed by atoms with Crippen LogP contribution in [-0.2, 0) is 4.79 Å². The van der Waals surface area contributed by atoms with Crippen LogP contribution in [0.5, 0.6) is 5.75 Å². The number of aromatic nitrogens is 1. The number of hydrogen-bond donors (Lipinski definition) is 1. The van der Waals surface area contributed by atoms with Crippen LogP contribution in [0.4, 0.5) is 0 Å². The van der Waals surface area contributed by atoms with Crippen LogP contribution in [0.2, 0.25) is 0 Å². The fourth-order valence-corrected chi connectivity index (χ4v) is 1.20. The van der Waals surface area contributed by atoms with Gasteiger partial charge in [-0.05, 0) is 39.3 Å². The summed E-state index contributed by atoms with van der Waals surface area (Å²) in [6.07, 6.45) is 3.61. The van der Waals surface area contributed by atoms with Crippen LogP contribution in [0.1, 0.15) is 34.1 Å². The van der Waals surface area contributed by atoms with E-state index in [9.17, 15) is 4.79 Å². The Morgan fingerprint density at radius 1 is 1.59 bits per heavy atom. The monoisotopic (exact) mass is 236 g/mol. The third kappa shape index (κ3) is 4.43. The van der Waals surface area contributed by atoms with Crippen molar-refractivity contribution in [3.05, 3.63) is 24.5 Å². The molecule has 0 aliphatic carbocycles. The molecule has 1 aromatic rings. The highest BCUT2D eigenvalue weighted by Gasteiger charge is 2.22. The number of rotatable bonds is 5. The van der Waals surface area contributed by atoms with Crippen molar-refractivity contribution in [2.75, 3.05) is 0 Å². The summed E-state index contributed by atoms with van der Waals surface area (Å²) in [5.74, 6) is 0.491. The number of amides is 1. The lowest BCUT2D eigenvalue weighted by molar-refractivity contribution is -0.128. The van der Waals surface area contributed by atoms with Crippen molar-refractivity contribution in [1.82, 2.24) is 10.3 Å². The fourth-order valence-electron chi connectivity index (χ4n) is 1.20. The van der Waals surface area contributed by atoms with Crippen LogP contribution in [-0.4, -0.2) is 22.5 Å². The van der Waals surface area contributed by atoms with Crippen molar-refractivity contribution >= 4 is 5.91 Å². The van der Waals surface area contributed by atoms with E-state index >= 15 is 0 Å². The Kier molecular flexibility index (Phi) is 4.49. The molecule has 4 nitrogen and oxygen atoms in total. The maximum atomic E-state index is 11.9. The van der Waals surface area contributed by atoms with E-state index in [2.05, 4.69) is 10.3 Å². The lowest BCUT2D eigenvalue weighted by Crippen LogP contribution is -2.48. The molecule has 0 saturated heterocycles. The molecule has 4 heteroatoms. The summed E-state index contributed by atoms with van der Waals surface area (Å²) in [5, 5.41) is 2.94. The van der Waals surface area contributed by atoms with Crippen LogP contribution in [0.15, 0.2) is 24.5 Å². The van der Waals surface area contributed by atoms with Crippen molar-refractivity contribution in [2.45, 2.75) is 45.8 Å². The van der Waals surface area contributed by atoms with Gasteiger partial charge < -0.3 is 10.1 Å². The van der Waals surface area contributed by atoms with Gasteiger partial charge in [-0.25, -0.2) is 0 Å². The van der Waals surface area contributed by atoms with Crippen molar-refractivity contribution < 1.29 is 9.53 Å². The zero-order chi connectivity index (χ0) is 12.9. The Morgan fingerprint density at radius 2 is 2.29 bits per heavy atom. The maximum absolute atomic E-state index is 11.9. The van der Waals surface area contributed by atoms with Gasteiger partial charge in [-0.2, -0.15) is 0 Å². The average molecular weight is 236 g/mol. The smallest absolute Gasteiger partial charge is 0.261 e. The van der Waals surface area contributed by atoms with Crippen molar-refractivity contribution in [3.8, 4) is 5.75 Å². The predicted molar refractivity (Wildman–Crippen MR) is 66.8 cm³/mol. The molecule has 0 fully saturated rings. The standard InChI is InChI=1S/C13H20N2O2/c1-5-13(3,4)15-12(16)10(2)17-11-7-6-8-14-9-11/h6-10H,5H2,1-4H3,(H,15,16). The molecular formula is C13H20N2O2. The second-order valence-corrected chi connectivity index (χ2v) is 4.68. The van der Waals surface area contributed by atoms with E-state index in [0.717, 1.165) is 6.42 Å². The highest BCUT2D eigenvalue weighted by atomic mass is 16.5. The summed E-state index contributed by atoms with van der Waals surface area (Å²) in [6, 6.07) is 3.55. The Morgan fingerprint density at radius 3 is 2.82 bits per heavy atom. The zero-order valence-corrected chi connectivity index (χ0v) is 10.9. The minimum atomic E-state index is -0.523. The summed E-state index contributed by atoms with van der Waals surface area (Å²) in [7, 11) is 0. The molecule has 0 saturated carbocycles. The first kappa shape index (κ1) is 13.5. The highest BCUT2D eigenvalue weighted by Crippen LogP contribution is 2.11. The van der Waals surface area contributed by atoms with E-state index in [1.165, 1.54) is 0 Å². The van der Waals surface area contributed by atoms with Gasteiger partial charge in [0.1, 0.15) is 5.75 Å². The average Bonchev–Trinajstić information content (AvgIpc) is 2.30. The number of hydrogen-bond acceptors (Lipinski definition) is 3. The van der Waals surface area contributed by atoms with Gasteiger partial charge in [0.05, 0.1) is 6.20 Å². The molecule has 1 atom stereocenters. The molecule has 0 bridgehead atoms. The molecule has 1 aromatic heterocycles. The van der Waals surface area contributed by atoms with Crippen molar-refractivity contribution in [1.29, 1.82) is 0 Å². The van der Waals surface area contributed by atoms with E-state index in [1.54, 1.807) is 31.5 Å².